The average Bonchev–Trinajstić information content (AvgIpc) is 2.48. The number of rotatable bonds is 5. The van der Waals surface area contributed by atoms with Crippen LogP contribution in [-0.4, -0.2) is 12.5 Å². The first-order valence-electron chi connectivity index (χ1n) is 7.34. The number of benzene rings is 1. The van der Waals surface area contributed by atoms with Gasteiger partial charge in [0, 0.05) is 0 Å². The molecular weight excluding hydrogens is 236 g/mol. The van der Waals surface area contributed by atoms with Crippen LogP contribution in [0.15, 0.2) is 30.3 Å². The van der Waals surface area contributed by atoms with Crippen molar-refractivity contribution in [2.45, 2.75) is 44.6 Å². The molecule has 1 amide bonds. The molecule has 3 nitrogen and oxygen atoms in total. The van der Waals surface area contributed by atoms with E-state index in [-0.39, 0.29) is 18.5 Å². The minimum absolute atomic E-state index is 0.0635. The van der Waals surface area contributed by atoms with Gasteiger partial charge in [-0.3, -0.25) is 4.79 Å². The van der Waals surface area contributed by atoms with Gasteiger partial charge in [-0.2, -0.15) is 0 Å². The van der Waals surface area contributed by atoms with Crippen LogP contribution in [0.25, 0.3) is 0 Å². The van der Waals surface area contributed by atoms with Crippen LogP contribution >= 0.6 is 0 Å². The van der Waals surface area contributed by atoms with Gasteiger partial charge in [0.05, 0.1) is 12.6 Å². The number of hydrogen-bond acceptors (Lipinski definition) is 2. The van der Waals surface area contributed by atoms with E-state index in [1.54, 1.807) is 0 Å². The Morgan fingerprint density at radius 3 is 2.53 bits per heavy atom. The largest absolute Gasteiger partial charge is 0.348 e. The monoisotopic (exact) mass is 260 g/mol. The molecule has 1 saturated carbocycles. The maximum atomic E-state index is 11.6. The zero-order chi connectivity index (χ0) is 13.5. The van der Waals surface area contributed by atoms with Gasteiger partial charge in [-0.15, -0.1) is 0 Å². The molecule has 0 bridgehead atoms. The summed E-state index contributed by atoms with van der Waals surface area (Å²) in [5.41, 5.74) is 6.61. The highest BCUT2D eigenvalue weighted by atomic mass is 16.1. The second kappa shape index (κ2) is 7.29. The quantitative estimate of drug-likeness (QED) is 0.855. The maximum absolute atomic E-state index is 11.6. The SMILES string of the molecule is NCC(=O)NC(CC1CCCCC1)c1ccccc1. The summed E-state index contributed by atoms with van der Waals surface area (Å²) < 4.78 is 0. The molecule has 1 aromatic rings. The van der Waals surface area contributed by atoms with E-state index in [2.05, 4.69) is 17.4 Å². The minimum Gasteiger partial charge on any atom is -0.348 e. The summed E-state index contributed by atoms with van der Waals surface area (Å²) in [6, 6.07) is 10.3. The Hall–Kier alpha value is -1.35. The fraction of sp³-hybridized carbons (Fsp3) is 0.562. The van der Waals surface area contributed by atoms with Gasteiger partial charge in [0.1, 0.15) is 0 Å². The predicted molar refractivity (Wildman–Crippen MR) is 77.6 cm³/mol. The topological polar surface area (TPSA) is 55.1 Å². The van der Waals surface area contributed by atoms with Crippen molar-refractivity contribution in [1.29, 1.82) is 0 Å². The van der Waals surface area contributed by atoms with Crippen molar-refractivity contribution in [1.82, 2.24) is 5.32 Å². The predicted octanol–water partition coefficient (Wildman–Crippen LogP) is 2.77. The van der Waals surface area contributed by atoms with Gasteiger partial charge < -0.3 is 11.1 Å². The van der Waals surface area contributed by atoms with E-state index >= 15 is 0 Å². The van der Waals surface area contributed by atoms with Crippen molar-refractivity contribution in [2.24, 2.45) is 11.7 Å². The van der Waals surface area contributed by atoms with Crippen LogP contribution < -0.4 is 11.1 Å². The van der Waals surface area contributed by atoms with Crippen LogP contribution in [0.2, 0.25) is 0 Å². The zero-order valence-corrected chi connectivity index (χ0v) is 11.5. The number of nitrogens with two attached hydrogens (primary N) is 1. The van der Waals surface area contributed by atoms with Gasteiger partial charge in [0.2, 0.25) is 5.91 Å². The Bertz CT molecular complexity index is 385. The third-order valence-electron chi connectivity index (χ3n) is 4.02. The van der Waals surface area contributed by atoms with E-state index in [9.17, 15) is 4.79 Å². The minimum atomic E-state index is -0.0651. The molecule has 1 unspecified atom stereocenters. The maximum Gasteiger partial charge on any atom is 0.234 e. The van der Waals surface area contributed by atoms with Crippen LogP contribution in [0.5, 0.6) is 0 Å². The van der Waals surface area contributed by atoms with E-state index < -0.39 is 0 Å². The van der Waals surface area contributed by atoms with E-state index in [0.29, 0.717) is 0 Å². The van der Waals surface area contributed by atoms with Crippen molar-refractivity contribution in [3.63, 3.8) is 0 Å². The van der Waals surface area contributed by atoms with Crippen molar-refractivity contribution in [3.05, 3.63) is 35.9 Å². The molecule has 19 heavy (non-hydrogen) atoms. The lowest BCUT2D eigenvalue weighted by atomic mass is 9.83. The molecule has 0 spiro atoms. The summed E-state index contributed by atoms with van der Waals surface area (Å²) in [5.74, 6) is 0.668. The van der Waals surface area contributed by atoms with Gasteiger partial charge in [0.25, 0.3) is 0 Å². The first-order chi connectivity index (χ1) is 9.29. The normalized spacial score (nSPS) is 17.9. The molecule has 2 rings (SSSR count). The highest BCUT2D eigenvalue weighted by Gasteiger charge is 2.21. The Morgan fingerprint density at radius 1 is 1.21 bits per heavy atom. The Morgan fingerprint density at radius 2 is 1.89 bits per heavy atom. The Labute approximate surface area is 115 Å². The molecule has 0 heterocycles. The lowest BCUT2D eigenvalue weighted by molar-refractivity contribution is -0.120. The number of hydrogen-bond donors (Lipinski definition) is 2. The molecular formula is C16H24N2O. The van der Waals surface area contributed by atoms with Gasteiger partial charge in [0.15, 0.2) is 0 Å². The first kappa shape index (κ1) is 14.1. The van der Waals surface area contributed by atoms with E-state index in [4.69, 9.17) is 5.73 Å². The molecule has 0 radical (unpaired) electrons. The highest BCUT2D eigenvalue weighted by molar-refractivity contribution is 5.78. The highest BCUT2D eigenvalue weighted by Crippen LogP contribution is 2.31. The zero-order valence-electron chi connectivity index (χ0n) is 11.5. The second-order valence-electron chi connectivity index (χ2n) is 5.47. The van der Waals surface area contributed by atoms with Gasteiger partial charge >= 0.3 is 0 Å². The third-order valence-corrected chi connectivity index (χ3v) is 4.02. The number of carbonyl (C=O) groups excluding carboxylic acids is 1. The van der Waals surface area contributed by atoms with Gasteiger partial charge in [-0.05, 0) is 17.9 Å². The van der Waals surface area contributed by atoms with Crippen molar-refractivity contribution < 1.29 is 4.79 Å². The molecule has 104 valence electrons. The van der Waals surface area contributed by atoms with Gasteiger partial charge in [-0.1, -0.05) is 62.4 Å². The standard InChI is InChI=1S/C16H24N2O/c17-12-16(19)18-15(14-9-5-2-6-10-14)11-13-7-3-1-4-8-13/h2,5-6,9-10,13,15H,1,3-4,7-8,11-12,17H2,(H,18,19). The molecule has 0 saturated heterocycles. The van der Waals surface area contributed by atoms with Crippen LogP contribution in [-0.2, 0) is 4.79 Å². The number of carbonyl (C=O) groups is 1. The Balaban J connectivity index is 2.03. The van der Waals surface area contributed by atoms with Gasteiger partial charge in [-0.25, -0.2) is 0 Å². The van der Waals surface area contributed by atoms with Crippen molar-refractivity contribution in [3.8, 4) is 0 Å². The van der Waals surface area contributed by atoms with Crippen LogP contribution in [0.1, 0.15) is 50.1 Å². The van der Waals surface area contributed by atoms with Crippen LogP contribution in [0, 0.1) is 5.92 Å². The van der Waals surface area contributed by atoms with E-state index in [0.717, 1.165) is 12.3 Å². The fourth-order valence-electron chi connectivity index (χ4n) is 2.97. The molecule has 0 aromatic heterocycles. The lowest BCUT2D eigenvalue weighted by Gasteiger charge is -2.27. The lowest BCUT2D eigenvalue weighted by Crippen LogP contribution is -2.34. The Kier molecular flexibility index (Phi) is 5.40. The van der Waals surface area contributed by atoms with E-state index in [1.807, 2.05) is 18.2 Å². The smallest absolute Gasteiger partial charge is 0.234 e. The summed E-state index contributed by atoms with van der Waals surface area (Å²) in [6.07, 6.45) is 7.65. The molecule has 1 fully saturated rings. The number of nitrogens with one attached hydrogen (secondary N) is 1. The molecule has 1 atom stereocenters. The molecule has 1 aromatic carbocycles. The molecule has 1 aliphatic carbocycles. The van der Waals surface area contributed by atoms with Crippen LogP contribution in [0.3, 0.4) is 0 Å². The first-order valence-corrected chi connectivity index (χ1v) is 7.34. The summed E-state index contributed by atoms with van der Waals surface area (Å²) in [6.45, 7) is 0.0635. The summed E-state index contributed by atoms with van der Waals surface area (Å²) >= 11 is 0. The average molecular weight is 260 g/mol. The molecule has 0 aliphatic heterocycles. The number of amides is 1. The van der Waals surface area contributed by atoms with Crippen molar-refractivity contribution in [2.75, 3.05) is 6.54 Å². The third kappa shape index (κ3) is 4.35. The summed E-state index contributed by atoms with van der Waals surface area (Å²) in [5, 5.41) is 3.07. The summed E-state index contributed by atoms with van der Waals surface area (Å²) in [7, 11) is 0. The van der Waals surface area contributed by atoms with Crippen LogP contribution in [0.4, 0.5) is 0 Å². The molecule has 1 aliphatic rings. The van der Waals surface area contributed by atoms with E-state index in [1.165, 1.54) is 37.7 Å². The summed E-state index contributed by atoms with van der Waals surface area (Å²) in [4.78, 5) is 11.6. The second-order valence-corrected chi connectivity index (χ2v) is 5.47. The van der Waals surface area contributed by atoms with Crippen molar-refractivity contribution >= 4 is 5.91 Å². The fourth-order valence-corrected chi connectivity index (χ4v) is 2.97. The molecule has 3 N–H and O–H groups in total. The molecule has 3 heteroatoms.